The van der Waals surface area contributed by atoms with Gasteiger partial charge in [-0.1, -0.05) is 218 Å². The summed E-state index contributed by atoms with van der Waals surface area (Å²) >= 11 is 0. The van der Waals surface area contributed by atoms with Gasteiger partial charge in [-0.05, 0) is 91.6 Å². The fourth-order valence-corrected chi connectivity index (χ4v) is 9.48. The molecule has 10 rings (SSSR count). The van der Waals surface area contributed by atoms with Crippen LogP contribution in [0.4, 0.5) is 0 Å². The number of hydrogen-bond acceptors (Lipinski definition) is 3. The molecular weight excluding hydrogens is 1030 g/mol. The van der Waals surface area contributed by atoms with E-state index in [-0.39, 0.29) is 37.6 Å². The molecular formula is C65H58N3OPt-. The van der Waals surface area contributed by atoms with Gasteiger partial charge in [-0.15, -0.1) is 23.8 Å². The number of nitrogens with zero attached hydrogens (tertiary/aromatic N) is 3. The van der Waals surface area contributed by atoms with Crippen LogP contribution in [0.2, 0.25) is 0 Å². The van der Waals surface area contributed by atoms with E-state index in [1.165, 1.54) is 0 Å². The van der Waals surface area contributed by atoms with Crippen LogP contribution in [0.15, 0.2) is 194 Å². The van der Waals surface area contributed by atoms with Crippen molar-refractivity contribution in [1.82, 2.24) is 14.5 Å². The summed E-state index contributed by atoms with van der Waals surface area (Å²) in [5, 5.41) is 12.8. The number of imidazole rings is 1. The van der Waals surface area contributed by atoms with Crippen molar-refractivity contribution in [3.8, 4) is 89.7 Å². The summed E-state index contributed by atoms with van der Waals surface area (Å²) in [7, 11) is 0. The topological polar surface area (TPSA) is 50.9 Å². The Bertz CT molecular complexity index is 3530. The van der Waals surface area contributed by atoms with Crippen LogP contribution in [-0.4, -0.2) is 19.6 Å². The third kappa shape index (κ3) is 9.34. The molecule has 0 saturated heterocycles. The van der Waals surface area contributed by atoms with Gasteiger partial charge in [0.2, 0.25) is 0 Å². The maximum atomic E-state index is 12.8. The van der Waals surface area contributed by atoms with Gasteiger partial charge in [0.25, 0.3) is 0 Å². The zero-order chi connectivity index (χ0) is 49.0. The summed E-state index contributed by atoms with van der Waals surface area (Å²) in [4.78, 5) is 10.7. The van der Waals surface area contributed by atoms with Crippen molar-refractivity contribution < 1.29 is 27.5 Å². The molecule has 0 radical (unpaired) electrons. The zero-order valence-corrected chi connectivity index (χ0v) is 43.4. The minimum atomic E-state index is -0.937. The Morgan fingerprint density at radius 1 is 0.529 bits per heavy atom. The summed E-state index contributed by atoms with van der Waals surface area (Å²) in [6.07, 6.45) is 1.88. The van der Waals surface area contributed by atoms with E-state index in [9.17, 15) is 6.48 Å². The second kappa shape index (κ2) is 19.3. The van der Waals surface area contributed by atoms with Crippen LogP contribution < -0.4 is 0 Å². The number of pyridine rings is 1. The number of hydrogen-bond donors (Lipinski definition) is 1. The number of fused-ring (bicyclic) bond motifs is 1. The van der Waals surface area contributed by atoms with Crippen molar-refractivity contribution in [2.45, 2.75) is 72.1 Å². The summed E-state index contributed by atoms with van der Waals surface area (Å²) in [5.74, 6) is -0.118. The minimum Gasteiger partial charge on any atom is -0.507 e. The van der Waals surface area contributed by atoms with Gasteiger partial charge < -0.3 is 5.11 Å². The zero-order valence-electron chi connectivity index (χ0n) is 42.1. The molecule has 0 unspecified atom stereocenters. The molecule has 1 N–H and O–H groups in total. The first-order valence-electron chi connectivity index (χ1n) is 24.4. The average Bonchev–Trinajstić information content (AvgIpc) is 3.75. The second-order valence-electron chi connectivity index (χ2n) is 20.4. The first kappa shape index (κ1) is 46.6. The number of aromatic nitrogens is 3. The van der Waals surface area contributed by atoms with Crippen molar-refractivity contribution in [3.05, 3.63) is 217 Å². The van der Waals surface area contributed by atoms with E-state index >= 15 is 0 Å². The van der Waals surface area contributed by atoms with E-state index in [0.717, 1.165) is 100 Å². The smallest absolute Gasteiger partial charge is 0.148 e. The van der Waals surface area contributed by atoms with Crippen LogP contribution in [0.1, 0.15) is 79.3 Å². The van der Waals surface area contributed by atoms with Crippen molar-refractivity contribution >= 4 is 11.0 Å². The summed E-state index contributed by atoms with van der Waals surface area (Å²) in [6.45, 7) is 17.0. The molecule has 0 aliphatic carbocycles. The predicted octanol–water partition coefficient (Wildman–Crippen LogP) is 17.3. The van der Waals surface area contributed by atoms with Gasteiger partial charge in [0.05, 0.1) is 22.3 Å². The van der Waals surface area contributed by atoms with Crippen LogP contribution >= 0.6 is 0 Å². The van der Waals surface area contributed by atoms with Crippen LogP contribution in [0.25, 0.3) is 95.0 Å². The summed E-state index contributed by atoms with van der Waals surface area (Å²) in [5.41, 5.74) is 17.1. The van der Waals surface area contributed by atoms with Crippen molar-refractivity contribution in [1.29, 1.82) is 0 Å². The minimum absolute atomic E-state index is 0. The van der Waals surface area contributed by atoms with Crippen LogP contribution in [0, 0.1) is 6.07 Å². The normalized spacial score (nSPS) is 12.1. The fourth-order valence-electron chi connectivity index (χ4n) is 9.48. The van der Waals surface area contributed by atoms with Crippen molar-refractivity contribution in [3.63, 3.8) is 0 Å². The molecule has 0 bridgehead atoms. The molecule has 0 amide bonds. The van der Waals surface area contributed by atoms with E-state index in [0.29, 0.717) is 11.4 Å². The maximum Gasteiger partial charge on any atom is 0.148 e. The molecule has 10 aromatic rings. The van der Waals surface area contributed by atoms with Crippen LogP contribution in [-0.2, 0) is 31.9 Å². The van der Waals surface area contributed by atoms with E-state index in [1.807, 2.05) is 44.3 Å². The largest absolute Gasteiger partial charge is 0.507 e. The van der Waals surface area contributed by atoms with Gasteiger partial charge in [0.15, 0.2) is 0 Å². The Hall–Kier alpha value is -7.13. The molecule has 4 nitrogen and oxygen atoms in total. The van der Waals surface area contributed by atoms with Gasteiger partial charge in [0.1, 0.15) is 11.6 Å². The first-order valence-corrected chi connectivity index (χ1v) is 23.9. The molecule has 350 valence electrons. The quantitative estimate of drug-likeness (QED) is 0.147. The first-order chi connectivity index (χ1) is 33.5. The molecule has 0 spiro atoms. The third-order valence-electron chi connectivity index (χ3n) is 13.2. The molecule has 8 aromatic carbocycles. The number of para-hydroxylation sites is 1. The SMILES string of the molecule is [2H]C(C)(C)c1cc(-c2ccccc2)c(-n2c(-c3cc(C(C)(C)C)cc(C(C)(C)C)c3O)nc3c(-c4[c-]c(-c5cc(-c6ccccc6)ccn5)cc(-c5ccccc5)c4)cccc32)cc1-c1ccccc1.[Pt]. The second-order valence-corrected chi connectivity index (χ2v) is 20.4. The molecule has 5 heteroatoms. The Kier molecular flexibility index (Phi) is 12.9. The number of phenolic OH excluding ortho intramolecular Hbond substituents is 1. The molecule has 70 heavy (non-hydrogen) atoms. The number of phenols is 1. The summed E-state index contributed by atoms with van der Waals surface area (Å²) in [6, 6.07) is 69.2. The van der Waals surface area contributed by atoms with E-state index in [1.54, 1.807) is 0 Å². The molecule has 0 fully saturated rings. The van der Waals surface area contributed by atoms with Crippen LogP contribution in [0.3, 0.4) is 0 Å². The predicted molar refractivity (Wildman–Crippen MR) is 289 cm³/mol. The van der Waals surface area contributed by atoms with Gasteiger partial charge in [-0.3, -0.25) is 9.55 Å². The molecule has 0 saturated carbocycles. The number of aromatic hydroxyl groups is 1. The molecule has 0 atom stereocenters. The molecule has 0 aliphatic rings. The standard InChI is InChI=1S/C65H58N3O.Pt/c1-42(2)53-40-55(46-28-19-12-20-29-46)60(41-54(53)45-26-17-11-18-27-45)68-59-31-21-30-52(61(59)67-63(68)56-38-51(64(3,4)5)39-57(62(56)69)65(6,7)8)49-34-48(44-24-15-10-16-25-44)35-50(36-49)58-37-47(32-33-66-58)43-22-13-9-14-23-43;/h9-35,37-42,69H,1-8H3;/q-1;/i42D;. The summed E-state index contributed by atoms with van der Waals surface area (Å²) < 4.78 is 11.8. The van der Waals surface area contributed by atoms with Gasteiger partial charge in [-0.2, -0.15) is 0 Å². The average molecular weight is 1090 g/mol. The van der Waals surface area contributed by atoms with Gasteiger partial charge >= 0.3 is 0 Å². The number of rotatable bonds is 9. The third-order valence-corrected chi connectivity index (χ3v) is 13.2. The van der Waals surface area contributed by atoms with E-state index < -0.39 is 5.89 Å². The van der Waals surface area contributed by atoms with Crippen molar-refractivity contribution in [2.24, 2.45) is 0 Å². The molecule has 2 aromatic heterocycles. The monoisotopic (exact) mass is 1090 g/mol. The Morgan fingerprint density at radius 2 is 1.10 bits per heavy atom. The Balaban J connectivity index is 0.00000624. The number of benzene rings is 8. The molecule has 0 aliphatic heterocycles. The van der Waals surface area contributed by atoms with Crippen molar-refractivity contribution in [2.75, 3.05) is 0 Å². The Morgan fingerprint density at radius 3 is 1.69 bits per heavy atom. The van der Waals surface area contributed by atoms with E-state index in [4.69, 9.17) is 9.97 Å². The maximum absolute atomic E-state index is 12.8. The van der Waals surface area contributed by atoms with E-state index in [2.05, 4.69) is 216 Å². The van der Waals surface area contributed by atoms with Gasteiger partial charge in [0, 0.05) is 45.5 Å². The molecule has 2 heterocycles. The van der Waals surface area contributed by atoms with Crippen LogP contribution in [0.5, 0.6) is 5.75 Å². The fraction of sp³-hybridized carbons (Fsp3) is 0.169. The Labute approximate surface area is 429 Å². The van der Waals surface area contributed by atoms with Gasteiger partial charge in [-0.25, -0.2) is 4.98 Å².